The van der Waals surface area contributed by atoms with Gasteiger partial charge in [-0.15, -0.1) is 0 Å². The maximum absolute atomic E-state index is 11.2. The Morgan fingerprint density at radius 3 is 2.64 bits per heavy atom. The summed E-state index contributed by atoms with van der Waals surface area (Å²) in [7, 11) is 0. The van der Waals surface area contributed by atoms with E-state index >= 15 is 0 Å². The van der Waals surface area contributed by atoms with E-state index in [4.69, 9.17) is 4.74 Å². The summed E-state index contributed by atoms with van der Waals surface area (Å²) in [5.41, 5.74) is 0.119. The smallest absolute Gasteiger partial charge is 0.309 e. The Morgan fingerprint density at radius 1 is 1.64 bits per heavy atom. The van der Waals surface area contributed by atoms with E-state index in [-0.39, 0.29) is 17.3 Å². The van der Waals surface area contributed by atoms with Crippen molar-refractivity contribution in [3.63, 3.8) is 0 Å². The number of cyclic esters (lactones) is 1. The third-order valence-electron chi connectivity index (χ3n) is 2.79. The number of carbonyl (C=O) groups excluding carboxylic acids is 1. The predicted molar refractivity (Wildman–Crippen MR) is 43.1 cm³/mol. The van der Waals surface area contributed by atoms with Crippen molar-refractivity contribution in [2.45, 2.75) is 33.6 Å². The van der Waals surface area contributed by atoms with Gasteiger partial charge in [-0.05, 0) is 11.8 Å². The van der Waals surface area contributed by atoms with Crippen LogP contribution in [-0.2, 0) is 9.53 Å². The van der Waals surface area contributed by atoms with Crippen LogP contribution < -0.4 is 0 Å². The number of carbonyl (C=O) groups is 1. The summed E-state index contributed by atoms with van der Waals surface area (Å²) < 4.78 is 4.91. The van der Waals surface area contributed by atoms with Crippen molar-refractivity contribution in [2.24, 2.45) is 11.3 Å². The van der Waals surface area contributed by atoms with E-state index in [1.165, 1.54) is 0 Å². The van der Waals surface area contributed by atoms with Crippen molar-refractivity contribution in [1.29, 1.82) is 0 Å². The molecule has 1 fully saturated rings. The summed E-state index contributed by atoms with van der Waals surface area (Å²) in [6.07, 6.45) is 1.94. The Bertz CT molecular complexity index is 161. The second-order valence-electron chi connectivity index (χ2n) is 3.85. The van der Waals surface area contributed by atoms with E-state index in [9.17, 15) is 4.79 Å². The molecule has 0 N–H and O–H groups in total. The van der Waals surface area contributed by atoms with Crippen molar-refractivity contribution < 1.29 is 9.53 Å². The van der Waals surface area contributed by atoms with E-state index in [1.807, 2.05) is 0 Å². The molecule has 0 spiro atoms. The minimum Gasteiger partial charge on any atom is -0.465 e. The van der Waals surface area contributed by atoms with Gasteiger partial charge in [0.25, 0.3) is 0 Å². The summed E-state index contributed by atoms with van der Waals surface area (Å²) in [5.74, 6) is 0.129. The first-order chi connectivity index (χ1) is 5.08. The standard InChI is InChI=1S/C9H16O2/c1-4-9(2,3)7-5-6-11-8(7)10/h7H,4-6H2,1-3H3. The van der Waals surface area contributed by atoms with Gasteiger partial charge < -0.3 is 4.74 Å². The van der Waals surface area contributed by atoms with Gasteiger partial charge in [-0.3, -0.25) is 4.79 Å². The van der Waals surface area contributed by atoms with E-state index < -0.39 is 0 Å². The van der Waals surface area contributed by atoms with Crippen LogP contribution in [0.25, 0.3) is 0 Å². The molecule has 0 saturated carbocycles. The molecule has 1 heterocycles. The average molecular weight is 156 g/mol. The van der Waals surface area contributed by atoms with Gasteiger partial charge in [0.15, 0.2) is 0 Å². The first-order valence-corrected chi connectivity index (χ1v) is 4.24. The summed E-state index contributed by atoms with van der Waals surface area (Å²) in [5, 5.41) is 0. The molecule has 1 aliphatic heterocycles. The lowest BCUT2D eigenvalue weighted by molar-refractivity contribution is -0.144. The largest absolute Gasteiger partial charge is 0.465 e. The molecule has 1 unspecified atom stereocenters. The van der Waals surface area contributed by atoms with Crippen LogP contribution in [0.15, 0.2) is 0 Å². The number of ether oxygens (including phenoxy) is 1. The van der Waals surface area contributed by atoms with Crippen molar-refractivity contribution in [3.8, 4) is 0 Å². The first kappa shape index (κ1) is 8.57. The summed E-state index contributed by atoms with van der Waals surface area (Å²) in [6, 6.07) is 0. The first-order valence-electron chi connectivity index (χ1n) is 4.24. The lowest BCUT2D eigenvalue weighted by Gasteiger charge is -2.26. The lowest BCUT2D eigenvalue weighted by Crippen LogP contribution is -2.26. The zero-order valence-electron chi connectivity index (χ0n) is 7.52. The van der Waals surface area contributed by atoms with Gasteiger partial charge in [-0.25, -0.2) is 0 Å². The Labute approximate surface area is 67.9 Å². The number of rotatable bonds is 2. The molecule has 64 valence electrons. The lowest BCUT2D eigenvalue weighted by atomic mass is 9.76. The molecule has 11 heavy (non-hydrogen) atoms. The summed E-state index contributed by atoms with van der Waals surface area (Å²) in [6.45, 7) is 6.99. The van der Waals surface area contributed by atoms with Crippen molar-refractivity contribution in [1.82, 2.24) is 0 Å². The topological polar surface area (TPSA) is 26.3 Å². The zero-order valence-corrected chi connectivity index (χ0v) is 7.52. The quantitative estimate of drug-likeness (QED) is 0.571. The third-order valence-corrected chi connectivity index (χ3v) is 2.79. The Morgan fingerprint density at radius 2 is 2.27 bits per heavy atom. The van der Waals surface area contributed by atoms with Crippen LogP contribution in [0.2, 0.25) is 0 Å². The molecule has 0 aromatic heterocycles. The maximum Gasteiger partial charge on any atom is 0.309 e. The van der Waals surface area contributed by atoms with Crippen LogP contribution in [0.3, 0.4) is 0 Å². The van der Waals surface area contributed by atoms with Gasteiger partial charge in [0.2, 0.25) is 0 Å². The normalized spacial score (nSPS) is 25.4. The van der Waals surface area contributed by atoms with Crippen molar-refractivity contribution in [2.75, 3.05) is 6.61 Å². The van der Waals surface area contributed by atoms with E-state index in [0.29, 0.717) is 6.61 Å². The fourth-order valence-electron chi connectivity index (χ4n) is 1.45. The monoisotopic (exact) mass is 156 g/mol. The van der Waals surface area contributed by atoms with Crippen molar-refractivity contribution >= 4 is 5.97 Å². The van der Waals surface area contributed by atoms with E-state index in [0.717, 1.165) is 12.8 Å². The Hall–Kier alpha value is -0.530. The van der Waals surface area contributed by atoms with Crippen LogP contribution in [0.5, 0.6) is 0 Å². The molecule has 1 aliphatic rings. The molecule has 0 radical (unpaired) electrons. The van der Waals surface area contributed by atoms with E-state index in [2.05, 4.69) is 20.8 Å². The molecule has 0 aromatic rings. The summed E-state index contributed by atoms with van der Waals surface area (Å²) >= 11 is 0. The van der Waals surface area contributed by atoms with Crippen LogP contribution >= 0.6 is 0 Å². The highest BCUT2D eigenvalue weighted by molar-refractivity contribution is 5.74. The SMILES string of the molecule is CCC(C)(C)C1CCOC1=O. The highest BCUT2D eigenvalue weighted by atomic mass is 16.5. The molecule has 1 rings (SSSR count). The van der Waals surface area contributed by atoms with Gasteiger partial charge >= 0.3 is 5.97 Å². The van der Waals surface area contributed by atoms with E-state index in [1.54, 1.807) is 0 Å². The molecular weight excluding hydrogens is 140 g/mol. The predicted octanol–water partition coefficient (Wildman–Crippen LogP) is 1.99. The van der Waals surface area contributed by atoms with Gasteiger partial charge in [-0.1, -0.05) is 27.2 Å². The zero-order chi connectivity index (χ0) is 8.48. The van der Waals surface area contributed by atoms with Gasteiger partial charge in [0, 0.05) is 0 Å². The fourth-order valence-corrected chi connectivity index (χ4v) is 1.45. The fraction of sp³-hybridized carbons (Fsp3) is 0.889. The highest BCUT2D eigenvalue weighted by Gasteiger charge is 2.38. The second-order valence-corrected chi connectivity index (χ2v) is 3.85. The number of hydrogen-bond acceptors (Lipinski definition) is 2. The number of hydrogen-bond donors (Lipinski definition) is 0. The van der Waals surface area contributed by atoms with Crippen LogP contribution in [0.1, 0.15) is 33.6 Å². The summed E-state index contributed by atoms with van der Waals surface area (Å²) in [4.78, 5) is 11.2. The number of esters is 1. The van der Waals surface area contributed by atoms with Crippen LogP contribution in [0.4, 0.5) is 0 Å². The molecule has 0 aliphatic carbocycles. The molecule has 2 nitrogen and oxygen atoms in total. The Balaban J connectivity index is 2.65. The van der Waals surface area contributed by atoms with Gasteiger partial charge in [-0.2, -0.15) is 0 Å². The molecule has 0 amide bonds. The molecule has 0 aromatic carbocycles. The Kier molecular flexibility index (Phi) is 2.21. The molecular formula is C9H16O2. The minimum absolute atomic E-state index is 0.00292. The average Bonchev–Trinajstić information content (AvgIpc) is 2.36. The highest BCUT2D eigenvalue weighted by Crippen LogP contribution is 2.36. The minimum atomic E-state index is -0.00292. The molecule has 2 heteroatoms. The molecule has 1 saturated heterocycles. The van der Waals surface area contributed by atoms with Crippen LogP contribution in [-0.4, -0.2) is 12.6 Å². The third kappa shape index (κ3) is 1.55. The maximum atomic E-state index is 11.2. The van der Waals surface area contributed by atoms with Gasteiger partial charge in [0.05, 0.1) is 12.5 Å². The van der Waals surface area contributed by atoms with Gasteiger partial charge in [0.1, 0.15) is 0 Å². The van der Waals surface area contributed by atoms with Crippen molar-refractivity contribution in [3.05, 3.63) is 0 Å². The molecule has 1 atom stereocenters. The molecule has 0 bridgehead atoms. The second kappa shape index (κ2) is 2.84. The van der Waals surface area contributed by atoms with Crippen LogP contribution in [0, 0.1) is 11.3 Å².